The minimum atomic E-state index is 0.794. The summed E-state index contributed by atoms with van der Waals surface area (Å²) < 4.78 is 4.52. The summed E-state index contributed by atoms with van der Waals surface area (Å²) in [6, 6.07) is 0. The van der Waals surface area contributed by atoms with Gasteiger partial charge >= 0.3 is 0 Å². The van der Waals surface area contributed by atoms with Crippen molar-refractivity contribution in [2.24, 2.45) is 5.92 Å². The van der Waals surface area contributed by atoms with E-state index < -0.39 is 0 Å². The topological polar surface area (TPSA) is 8.81 Å². The van der Waals surface area contributed by atoms with Gasteiger partial charge in [-0.2, -0.15) is 0 Å². The number of hydrogen-bond acceptors (Lipinski definition) is 0. The zero-order chi connectivity index (χ0) is 9.68. The van der Waals surface area contributed by atoms with E-state index in [9.17, 15) is 0 Å². The highest BCUT2D eigenvalue weighted by molar-refractivity contribution is 4.66. The van der Waals surface area contributed by atoms with Crippen molar-refractivity contribution in [3.63, 3.8) is 0 Å². The highest BCUT2D eigenvalue weighted by Gasteiger charge is 2.03. The van der Waals surface area contributed by atoms with Crippen molar-refractivity contribution in [3.05, 3.63) is 18.7 Å². The van der Waals surface area contributed by atoms with E-state index in [4.69, 9.17) is 0 Å². The van der Waals surface area contributed by atoms with Gasteiger partial charge in [-0.1, -0.05) is 20.8 Å². The van der Waals surface area contributed by atoms with E-state index in [1.165, 1.54) is 12.8 Å². The first-order valence-corrected chi connectivity index (χ1v) is 5.27. The molecule has 1 aromatic rings. The van der Waals surface area contributed by atoms with Gasteiger partial charge in [-0.3, -0.25) is 0 Å². The van der Waals surface area contributed by atoms with E-state index >= 15 is 0 Å². The number of nitrogens with zero attached hydrogens (tertiary/aromatic N) is 2. The third kappa shape index (κ3) is 3.62. The molecular formula is C11H21N2+. The van der Waals surface area contributed by atoms with Gasteiger partial charge in [-0.25, -0.2) is 9.13 Å². The van der Waals surface area contributed by atoms with Gasteiger partial charge in [-0.05, 0) is 18.8 Å². The normalized spacial score (nSPS) is 11.1. The fourth-order valence-electron chi connectivity index (χ4n) is 1.37. The van der Waals surface area contributed by atoms with Crippen LogP contribution in [0, 0.1) is 5.92 Å². The molecule has 1 aromatic heterocycles. The third-order valence-corrected chi connectivity index (χ3v) is 2.19. The average Bonchev–Trinajstić information content (AvgIpc) is 2.50. The van der Waals surface area contributed by atoms with Crippen LogP contribution in [0.15, 0.2) is 18.7 Å². The fraction of sp³-hybridized carbons (Fsp3) is 0.727. The van der Waals surface area contributed by atoms with Crippen LogP contribution in [0.25, 0.3) is 0 Å². The van der Waals surface area contributed by atoms with Crippen LogP contribution in [0.2, 0.25) is 0 Å². The van der Waals surface area contributed by atoms with Crippen LogP contribution in [0.5, 0.6) is 0 Å². The van der Waals surface area contributed by atoms with Gasteiger partial charge in [0, 0.05) is 0 Å². The van der Waals surface area contributed by atoms with Gasteiger partial charge < -0.3 is 0 Å². The molecule has 0 saturated heterocycles. The van der Waals surface area contributed by atoms with Gasteiger partial charge in [0.25, 0.3) is 0 Å². The number of rotatable bonds is 5. The molecule has 1 heterocycles. The molecule has 0 fully saturated rings. The maximum Gasteiger partial charge on any atom is 0.243 e. The lowest BCUT2D eigenvalue weighted by atomic mass is 10.1. The maximum atomic E-state index is 2.27. The van der Waals surface area contributed by atoms with E-state index in [-0.39, 0.29) is 0 Å². The average molecular weight is 181 g/mol. The molecule has 0 aliphatic rings. The van der Waals surface area contributed by atoms with E-state index in [0.717, 1.165) is 19.0 Å². The SMILES string of the molecule is CCC[n+]1ccn(CCC(C)C)c1. The zero-order valence-electron chi connectivity index (χ0n) is 9.03. The smallest absolute Gasteiger partial charge is 0.237 e. The Kier molecular flexibility index (Phi) is 4.00. The number of aromatic nitrogens is 2. The Balaban J connectivity index is 2.39. The quantitative estimate of drug-likeness (QED) is 0.616. The van der Waals surface area contributed by atoms with Crippen LogP contribution in [-0.2, 0) is 13.1 Å². The summed E-state index contributed by atoms with van der Waals surface area (Å²) in [6.07, 6.45) is 8.99. The van der Waals surface area contributed by atoms with Crippen molar-refractivity contribution in [2.45, 2.75) is 46.7 Å². The predicted octanol–water partition coefficient (Wildman–Crippen LogP) is 2.23. The molecule has 0 saturated carbocycles. The third-order valence-electron chi connectivity index (χ3n) is 2.19. The molecule has 0 amide bonds. The van der Waals surface area contributed by atoms with Crippen LogP contribution in [-0.4, -0.2) is 4.57 Å². The Morgan fingerprint density at radius 3 is 2.77 bits per heavy atom. The van der Waals surface area contributed by atoms with Gasteiger partial charge in [0.15, 0.2) is 0 Å². The molecule has 0 N–H and O–H groups in total. The van der Waals surface area contributed by atoms with Crippen molar-refractivity contribution < 1.29 is 4.57 Å². The summed E-state index contributed by atoms with van der Waals surface area (Å²) in [6.45, 7) is 9.02. The summed E-state index contributed by atoms with van der Waals surface area (Å²) in [5.74, 6) is 0.794. The molecule has 74 valence electrons. The lowest BCUT2D eigenvalue weighted by Crippen LogP contribution is -2.30. The standard InChI is InChI=1S/C11H21N2/c1-4-6-12-8-9-13(10-12)7-5-11(2)3/h8-11H,4-7H2,1-3H3/q+1. The van der Waals surface area contributed by atoms with E-state index in [1.807, 2.05) is 0 Å². The first kappa shape index (κ1) is 10.3. The Morgan fingerprint density at radius 1 is 1.38 bits per heavy atom. The molecule has 0 atom stereocenters. The lowest BCUT2D eigenvalue weighted by molar-refractivity contribution is -0.696. The summed E-state index contributed by atoms with van der Waals surface area (Å²) in [7, 11) is 0. The molecular weight excluding hydrogens is 160 g/mol. The summed E-state index contributed by atoms with van der Waals surface area (Å²) in [5, 5.41) is 0. The molecule has 0 unspecified atom stereocenters. The molecule has 1 rings (SSSR count). The highest BCUT2D eigenvalue weighted by atomic mass is 15.1. The second-order valence-electron chi connectivity index (χ2n) is 4.07. The number of imidazole rings is 1. The molecule has 0 bridgehead atoms. The van der Waals surface area contributed by atoms with E-state index in [0.29, 0.717) is 0 Å². The first-order chi connectivity index (χ1) is 6.22. The molecule has 0 aliphatic carbocycles. The predicted molar refractivity (Wildman–Crippen MR) is 54.4 cm³/mol. The first-order valence-electron chi connectivity index (χ1n) is 5.27. The molecule has 0 aromatic carbocycles. The van der Waals surface area contributed by atoms with Crippen LogP contribution in [0.1, 0.15) is 33.6 Å². The minimum Gasteiger partial charge on any atom is -0.237 e. The van der Waals surface area contributed by atoms with Crippen LogP contribution < -0.4 is 4.57 Å². The Morgan fingerprint density at radius 2 is 2.15 bits per heavy atom. The lowest BCUT2D eigenvalue weighted by Gasteiger charge is -2.00. The van der Waals surface area contributed by atoms with Gasteiger partial charge in [-0.15, -0.1) is 0 Å². The second kappa shape index (κ2) is 5.05. The van der Waals surface area contributed by atoms with Gasteiger partial charge in [0.1, 0.15) is 12.4 Å². The summed E-state index contributed by atoms with van der Waals surface area (Å²) in [4.78, 5) is 0. The molecule has 0 radical (unpaired) electrons. The number of hydrogen-bond donors (Lipinski definition) is 0. The minimum absolute atomic E-state index is 0.794. The molecule has 0 spiro atoms. The molecule has 13 heavy (non-hydrogen) atoms. The number of aryl methyl sites for hydroxylation is 2. The van der Waals surface area contributed by atoms with Crippen LogP contribution >= 0.6 is 0 Å². The van der Waals surface area contributed by atoms with E-state index in [2.05, 4.69) is 48.6 Å². The Labute approximate surface area is 81.2 Å². The van der Waals surface area contributed by atoms with Crippen LogP contribution in [0.4, 0.5) is 0 Å². The van der Waals surface area contributed by atoms with Crippen molar-refractivity contribution in [1.29, 1.82) is 0 Å². The second-order valence-corrected chi connectivity index (χ2v) is 4.07. The Hall–Kier alpha value is -0.790. The van der Waals surface area contributed by atoms with E-state index in [1.54, 1.807) is 0 Å². The molecule has 2 heteroatoms. The monoisotopic (exact) mass is 181 g/mol. The zero-order valence-corrected chi connectivity index (χ0v) is 9.03. The fourth-order valence-corrected chi connectivity index (χ4v) is 1.37. The molecule has 2 nitrogen and oxygen atoms in total. The summed E-state index contributed by atoms with van der Waals surface area (Å²) >= 11 is 0. The highest BCUT2D eigenvalue weighted by Crippen LogP contribution is 2.01. The van der Waals surface area contributed by atoms with Crippen molar-refractivity contribution >= 4 is 0 Å². The van der Waals surface area contributed by atoms with Crippen molar-refractivity contribution in [1.82, 2.24) is 4.57 Å². The largest absolute Gasteiger partial charge is 0.243 e. The van der Waals surface area contributed by atoms with Crippen molar-refractivity contribution in [3.8, 4) is 0 Å². The summed E-state index contributed by atoms with van der Waals surface area (Å²) in [5.41, 5.74) is 0. The Bertz CT molecular complexity index is 238. The van der Waals surface area contributed by atoms with Gasteiger partial charge in [0.2, 0.25) is 6.33 Å². The van der Waals surface area contributed by atoms with Crippen molar-refractivity contribution in [2.75, 3.05) is 0 Å². The van der Waals surface area contributed by atoms with Crippen LogP contribution in [0.3, 0.4) is 0 Å². The maximum absolute atomic E-state index is 2.27. The molecule has 0 aliphatic heterocycles. The van der Waals surface area contributed by atoms with Gasteiger partial charge in [0.05, 0.1) is 13.1 Å².